The van der Waals surface area contributed by atoms with Crippen molar-refractivity contribution >= 4 is 28.2 Å². The molecule has 0 aliphatic carbocycles. The van der Waals surface area contributed by atoms with Crippen LogP contribution in [-0.4, -0.2) is 4.98 Å². The zero-order valence-corrected chi connectivity index (χ0v) is 11.4. The molecule has 0 radical (unpaired) electrons. The number of hydrogen-bond donors (Lipinski definition) is 1. The number of aromatic nitrogens is 1. The molecule has 0 bridgehead atoms. The quantitative estimate of drug-likeness (QED) is 0.759. The molecule has 20 heavy (non-hydrogen) atoms. The van der Waals surface area contributed by atoms with Gasteiger partial charge in [0.25, 0.3) is 0 Å². The van der Waals surface area contributed by atoms with Gasteiger partial charge in [0.1, 0.15) is 5.82 Å². The van der Waals surface area contributed by atoms with Crippen molar-refractivity contribution in [1.82, 2.24) is 4.98 Å². The van der Waals surface area contributed by atoms with Crippen molar-refractivity contribution in [2.75, 3.05) is 5.32 Å². The Morgan fingerprint density at radius 3 is 2.80 bits per heavy atom. The Labute approximate surface area is 121 Å². The van der Waals surface area contributed by atoms with Crippen molar-refractivity contribution in [2.24, 2.45) is 0 Å². The van der Waals surface area contributed by atoms with Crippen LogP contribution in [0.4, 0.5) is 10.1 Å². The Morgan fingerprint density at radius 1 is 1.10 bits per heavy atom. The molecule has 0 fully saturated rings. The number of anilines is 1. The van der Waals surface area contributed by atoms with Gasteiger partial charge in [0.05, 0.1) is 10.5 Å². The molecular formula is C16H12ClFN2. The lowest BCUT2D eigenvalue weighted by Crippen LogP contribution is -2.00. The van der Waals surface area contributed by atoms with Crippen LogP contribution in [0, 0.1) is 5.82 Å². The van der Waals surface area contributed by atoms with Crippen molar-refractivity contribution in [3.8, 4) is 0 Å². The molecule has 0 aliphatic heterocycles. The maximum atomic E-state index is 13.1. The molecule has 100 valence electrons. The maximum Gasteiger partial charge on any atom is 0.141 e. The molecule has 2 aromatic carbocycles. The van der Waals surface area contributed by atoms with Crippen molar-refractivity contribution in [2.45, 2.75) is 6.54 Å². The van der Waals surface area contributed by atoms with E-state index in [0.29, 0.717) is 6.54 Å². The second-order valence-corrected chi connectivity index (χ2v) is 4.88. The third-order valence-electron chi connectivity index (χ3n) is 3.12. The number of pyridine rings is 1. The summed E-state index contributed by atoms with van der Waals surface area (Å²) in [5.74, 6) is -0.398. The van der Waals surface area contributed by atoms with Crippen LogP contribution in [0.5, 0.6) is 0 Å². The summed E-state index contributed by atoms with van der Waals surface area (Å²) < 4.78 is 13.1. The highest BCUT2D eigenvalue weighted by molar-refractivity contribution is 6.30. The molecule has 0 amide bonds. The molecule has 0 aliphatic rings. The molecule has 1 N–H and O–H groups in total. The fourth-order valence-corrected chi connectivity index (χ4v) is 2.30. The predicted octanol–water partition coefficient (Wildman–Crippen LogP) is 4.64. The average molecular weight is 287 g/mol. The monoisotopic (exact) mass is 286 g/mol. The molecule has 0 atom stereocenters. The fourth-order valence-electron chi connectivity index (χ4n) is 2.10. The molecule has 3 aromatic rings. The number of fused-ring (bicyclic) bond motifs is 1. The summed E-state index contributed by atoms with van der Waals surface area (Å²) in [5, 5.41) is 4.53. The van der Waals surface area contributed by atoms with E-state index in [9.17, 15) is 4.39 Å². The van der Waals surface area contributed by atoms with Crippen LogP contribution in [-0.2, 0) is 6.54 Å². The van der Waals surface area contributed by atoms with Crippen LogP contribution >= 0.6 is 11.6 Å². The van der Waals surface area contributed by atoms with E-state index in [-0.39, 0.29) is 5.02 Å². The number of rotatable bonds is 3. The van der Waals surface area contributed by atoms with Crippen LogP contribution in [0.2, 0.25) is 5.02 Å². The van der Waals surface area contributed by atoms with Gasteiger partial charge in [-0.3, -0.25) is 4.98 Å². The first-order valence-corrected chi connectivity index (χ1v) is 6.63. The number of para-hydroxylation sites is 1. The molecule has 2 nitrogen and oxygen atoms in total. The van der Waals surface area contributed by atoms with E-state index in [1.807, 2.05) is 30.3 Å². The first kappa shape index (κ1) is 12.9. The third-order valence-corrected chi connectivity index (χ3v) is 3.41. The summed E-state index contributed by atoms with van der Waals surface area (Å²) >= 11 is 5.78. The van der Waals surface area contributed by atoms with Gasteiger partial charge in [0, 0.05) is 23.8 Å². The summed E-state index contributed by atoms with van der Waals surface area (Å²) in [6, 6.07) is 14.6. The fraction of sp³-hybridized carbons (Fsp3) is 0.0625. The Morgan fingerprint density at radius 2 is 1.95 bits per heavy atom. The minimum Gasteiger partial charge on any atom is -0.380 e. The van der Waals surface area contributed by atoms with Crippen LogP contribution in [0.15, 0.2) is 54.7 Å². The minimum absolute atomic E-state index is 0.142. The Balaban J connectivity index is 1.85. The van der Waals surface area contributed by atoms with Crippen molar-refractivity contribution in [3.05, 3.63) is 71.1 Å². The lowest BCUT2D eigenvalue weighted by atomic mass is 10.1. The van der Waals surface area contributed by atoms with E-state index in [2.05, 4.69) is 10.3 Å². The van der Waals surface area contributed by atoms with Crippen molar-refractivity contribution in [3.63, 3.8) is 0 Å². The van der Waals surface area contributed by atoms with Crippen LogP contribution in [0.1, 0.15) is 5.56 Å². The lowest BCUT2D eigenvalue weighted by molar-refractivity contribution is 0.627. The van der Waals surface area contributed by atoms with Gasteiger partial charge in [-0.2, -0.15) is 0 Å². The van der Waals surface area contributed by atoms with Crippen LogP contribution in [0.3, 0.4) is 0 Å². The van der Waals surface area contributed by atoms with Crippen molar-refractivity contribution < 1.29 is 4.39 Å². The largest absolute Gasteiger partial charge is 0.380 e. The number of hydrogen-bond acceptors (Lipinski definition) is 2. The smallest absolute Gasteiger partial charge is 0.141 e. The van der Waals surface area contributed by atoms with Crippen LogP contribution in [0.25, 0.3) is 10.9 Å². The molecule has 0 saturated carbocycles. The van der Waals surface area contributed by atoms with E-state index in [1.165, 1.54) is 6.07 Å². The Kier molecular flexibility index (Phi) is 3.52. The SMILES string of the molecule is Fc1ccc(CNc2ccnc3ccccc23)cc1Cl. The number of benzene rings is 2. The zero-order chi connectivity index (χ0) is 13.9. The van der Waals surface area contributed by atoms with E-state index in [1.54, 1.807) is 18.3 Å². The first-order valence-electron chi connectivity index (χ1n) is 6.25. The van der Waals surface area contributed by atoms with Gasteiger partial charge >= 0.3 is 0 Å². The van der Waals surface area contributed by atoms with E-state index in [4.69, 9.17) is 11.6 Å². The molecule has 0 saturated heterocycles. The van der Waals surface area contributed by atoms with Gasteiger partial charge in [-0.15, -0.1) is 0 Å². The van der Waals surface area contributed by atoms with Crippen LogP contribution < -0.4 is 5.32 Å². The topological polar surface area (TPSA) is 24.9 Å². The normalized spacial score (nSPS) is 10.7. The maximum absolute atomic E-state index is 13.1. The second-order valence-electron chi connectivity index (χ2n) is 4.48. The van der Waals surface area contributed by atoms with Gasteiger partial charge in [-0.05, 0) is 29.8 Å². The summed E-state index contributed by atoms with van der Waals surface area (Å²) in [4.78, 5) is 4.31. The van der Waals surface area contributed by atoms with Crippen molar-refractivity contribution in [1.29, 1.82) is 0 Å². The number of halogens is 2. The minimum atomic E-state index is -0.398. The van der Waals surface area contributed by atoms with Gasteiger partial charge in [0.2, 0.25) is 0 Å². The first-order chi connectivity index (χ1) is 9.74. The summed E-state index contributed by atoms with van der Waals surface area (Å²) in [6.45, 7) is 0.577. The summed E-state index contributed by atoms with van der Waals surface area (Å²) in [7, 11) is 0. The molecule has 3 rings (SSSR count). The van der Waals surface area contributed by atoms with Gasteiger partial charge in [-0.25, -0.2) is 4.39 Å². The summed E-state index contributed by atoms with van der Waals surface area (Å²) in [5.41, 5.74) is 2.86. The van der Waals surface area contributed by atoms with E-state index in [0.717, 1.165) is 22.2 Å². The van der Waals surface area contributed by atoms with E-state index < -0.39 is 5.82 Å². The molecule has 0 unspecified atom stereocenters. The highest BCUT2D eigenvalue weighted by Gasteiger charge is 2.03. The Hall–Kier alpha value is -2.13. The van der Waals surface area contributed by atoms with Gasteiger partial charge in [-0.1, -0.05) is 35.9 Å². The van der Waals surface area contributed by atoms with Gasteiger partial charge in [0.15, 0.2) is 0 Å². The molecule has 4 heteroatoms. The molecular weight excluding hydrogens is 275 g/mol. The Bertz CT molecular complexity index is 753. The van der Waals surface area contributed by atoms with E-state index >= 15 is 0 Å². The number of nitrogens with zero attached hydrogens (tertiary/aromatic N) is 1. The third kappa shape index (κ3) is 2.58. The summed E-state index contributed by atoms with van der Waals surface area (Å²) in [6.07, 6.45) is 1.77. The molecule has 1 heterocycles. The predicted molar refractivity (Wildman–Crippen MR) is 80.5 cm³/mol. The average Bonchev–Trinajstić information content (AvgIpc) is 2.48. The highest BCUT2D eigenvalue weighted by Crippen LogP contribution is 2.22. The number of nitrogens with one attached hydrogen (secondary N) is 1. The second kappa shape index (κ2) is 5.47. The van der Waals surface area contributed by atoms with Gasteiger partial charge < -0.3 is 5.32 Å². The molecule has 0 spiro atoms. The highest BCUT2D eigenvalue weighted by atomic mass is 35.5. The lowest BCUT2D eigenvalue weighted by Gasteiger charge is -2.09. The standard InChI is InChI=1S/C16H12ClFN2/c17-13-9-11(5-6-14(13)18)10-20-16-7-8-19-15-4-2-1-3-12(15)16/h1-9H,10H2,(H,19,20). The molecule has 1 aromatic heterocycles. The zero-order valence-electron chi connectivity index (χ0n) is 10.6.